The highest BCUT2D eigenvalue weighted by atomic mass is 16.5. The predicted molar refractivity (Wildman–Crippen MR) is 115 cm³/mol. The van der Waals surface area contributed by atoms with E-state index >= 15 is 0 Å². The summed E-state index contributed by atoms with van der Waals surface area (Å²) < 4.78 is 5.82. The van der Waals surface area contributed by atoms with Gasteiger partial charge in [-0.25, -0.2) is 0 Å². The van der Waals surface area contributed by atoms with Gasteiger partial charge in [-0.05, 0) is 66.3 Å². The largest absolute Gasteiger partial charge is 0.508 e. The maximum absolute atomic E-state index is 9.95. The molecule has 0 saturated carbocycles. The molecular formula is C23H26BNO3. The van der Waals surface area contributed by atoms with Crippen LogP contribution in [0.25, 0.3) is 11.6 Å². The fourth-order valence-electron chi connectivity index (χ4n) is 3.41. The summed E-state index contributed by atoms with van der Waals surface area (Å²) in [5, 5.41) is 19.7. The molecule has 3 rings (SSSR count). The molecule has 0 aliphatic carbocycles. The molecule has 0 saturated heterocycles. The summed E-state index contributed by atoms with van der Waals surface area (Å²) in [5.41, 5.74) is 5.00. The number of nitrogens with zero attached hydrogens (tertiary/aromatic N) is 1. The smallest absolute Gasteiger partial charge is 0.458 e. The minimum Gasteiger partial charge on any atom is -0.508 e. The molecule has 144 valence electrons. The normalized spacial score (nSPS) is 17.4. The number of rotatable bonds is 7. The predicted octanol–water partition coefficient (Wildman–Crippen LogP) is 4.88. The van der Waals surface area contributed by atoms with Gasteiger partial charge in [-0.15, -0.1) is 0 Å². The lowest BCUT2D eigenvalue weighted by molar-refractivity contribution is 0.184. The summed E-state index contributed by atoms with van der Waals surface area (Å²) in [6.45, 7) is 6.23. The SMILES string of the molecule is C=C(CC)C1=CCB(O)OC1CC/C(=C/c1cccc(O)c1)c1ccccn1. The third kappa shape index (κ3) is 5.21. The van der Waals surface area contributed by atoms with Gasteiger partial charge in [0, 0.05) is 12.5 Å². The summed E-state index contributed by atoms with van der Waals surface area (Å²) in [6.07, 6.45) is 8.46. The molecule has 1 aromatic heterocycles. The molecule has 1 aliphatic heterocycles. The molecular weight excluding hydrogens is 349 g/mol. The van der Waals surface area contributed by atoms with Crippen LogP contribution in [0.2, 0.25) is 6.32 Å². The van der Waals surface area contributed by atoms with Gasteiger partial charge in [0.15, 0.2) is 0 Å². The Morgan fingerprint density at radius 3 is 2.89 bits per heavy atom. The number of phenolic OH excluding ortho intramolecular Hbond substituents is 1. The third-order valence-electron chi connectivity index (χ3n) is 4.92. The standard InChI is InChI=1S/C23H26BNO3/c1-3-17(2)21-12-13-24(27)28-23(21)11-10-19(22-9-4-5-14-25-22)15-18-7-6-8-20(26)16-18/h4-9,12,14-16,23,26-27H,2-3,10-11,13H2,1H3/b19-15-. The topological polar surface area (TPSA) is 62.6 Å². The Labute approximate surface area is 167 Å². The highest BCUT2D eigenvalue weighted by Gasteiger charge is 2.28. The second-order valence-corrected chi connectivity index (χ2v) is 6.95. The second-order valence-electron chi connectivity index (χ2n) is 6.95. The van der Waals surface area contributed by atoms with Gasteiger partial charge in [-0.1, -0.05) is 43.4 Å². The quantitative estimate of drug-likeness (QED) is 0.677. The zero-order valence-electron chi connectivity index (χ0n) is 16.2. The van der Waals surface area contributed by atoms with Gasteiger partial charge >= 0.3 is 7.12 Å². The number of pyridine rings is 1. The number of hydrogen-bond donors (Lipinski definition) is 2. The van der Waals surface area contributed by atoms with E-state index in [-0.39, 0.29) is 11.9 Å². The Hall–Kier alpha value is -2.63. The Bertz CT molecular complexity index is 876. The van der Waals surface area contributed by atoms with E-state index < -0.39 is 7.12 Å². The number of benzene rings is 1. The number of hydrogen-bond acceptors (Lipinski definition) is 4. The summed E-state index contributed by atoms with van der Waals surface area (Å²) in [4.78, 5) is 4.49. The van der Waals surface area contributed by atoms with Crippen LogP contribution in [0.15, 0.2) is 72.5 Å². The monoisotopic (exact) mass is 375 g/mol. The van der Waals surface area contributed by atoms with Crippen LogP contribution < -0.4 is 0 Å². The molecule has 28 heavy (non-hydrogen) atoms. The van der Waals surface area contributed by atoms with E-state index in [4.69, 9.17) is 4.65 Å². The first-order chi connectivity index (χ1) is 13.6. The van der Waals surface area contributed by atoms with Crippen LogP contribution in [-0.2, 0) is 4.65 Å². The Balaban J connectivity index is 1.85. The van der Waals surface area contributed by atoms with Crippen molar-refractivity contribution in [1.82, 2.24) is 4.98 Å². The minimum atomic E-state index is -0.772. The molecule has 5 heteroatoms. The van der Waals surface area contributed by atoms with Crippen molar-refractivity contribution in [2.45, 2.75) is 38.6 Å². The van der Waals surface area contributed by atoms with Crippen molar-refractivity contribution >= 4 is 18.8 Å². The first kappa shape index (κ1) is 20.1. The van der Waals surface area contributed by atoms with Crippen molar-refractivity contribution in [2.24, 2.45) is 0 Å². The average Bonchev–Trinajstić information content (AvgIpc) is 2.71. The number of phenols is 1. The van der Waals surface area contributed by atoms with Crippen LogP contribution in [-0.4, -0.2) is 28.3 Å². The molecule has 1 aromatic carbocycles. The van der Waals surface area contributed by atoms with Gasteiger partial charge in [0.25, 0.3) is 0 Å². The highest BCUT2D eigenvalue weighted by Crippen LogP contribution is 2.31. The van der Waals surface area contributed by atoms with Gasteiger partial charge in [-0.2, -0.15) is 0 Å². The zero-order valence-corrected chi connectivity index (χ0v) is 16.2. The molecule has 0 amide bonds. The van der Waals surface area contributed by atoms with E-state index in [1.807, 2.05) is 42.5 Å². The van der Waals surface area contributed by atoms with Crippen molar-refractivity contribution in [2.75, 3.05) is 0 Å². The third-order valence-corrected chi connectivity index (χ3v) is 4.92. The number of aromatic hydroxyl groups is 1. The van der Waals surface area contributed by atoms with Crippen LogP contribution >= 0.6 is 0 Å². The minimum absolute atomic E-state index is 0.188. The first-order valence-electron chi connectivity index (χ1n) is 9.69. The van der Waals surface area contributed by atoms with E-state index in [1.165, 1.54) is 0 Å². The molecule has 2 aromatic rings. The van der Waals surface area contributed by atoms with Crippen molar-refractivity contribution in [3.8, 4) is 5.75 Å². The molecule has 1 unspecified atom stereocenters. The van der Waals surface area contributed by atoms with Gasteiger partial charge in [0.1, 0.15) is 5.75 Å². The van der Waals surface area contributed by atoms with Crippen LogP contribution in [0.5, 0.6) is 5.75 Å². The van der Waals surface area contributed by atoms with Crippen molar-refractivity contribution in [3.05, 3.63) is 83.7 Å². The lowest BCUT2D eigenvalue weighted by Crippen LogP contribution is -2.31. The number of allylic oxidation sites excluding steroid dienone is 2. The second kappa shape index (κ2) is 9.53. The summed E-state index contributed by atoms with van der Waals surface area (Å²) in [7, 11) is -0.772. The Kier molecular flexibility index (Phi) is 6.85. The van der Waals surface area contributed by atoms with E-state index in [9.17, 15) is 10.1 Å². The maximum Gasteiger partial charge on any atom is 0.458 e. The van der Waals surface area contributed by atoms with Crippen molar-refractivity contribution < 1.29 is 14.8 Å². The Morgan fingerprint density at radius 2 is 2.18 bits per heavy atom. The first-order valence-corrected chi connectivity index (χ1v) is 9.69. The van der Waals surface area contributed by atoms with E-state index in [0.717, 1.165) is 40.8 Å². The highest BCUT2D eigenvalue weighted by molar-refractivity contribution is 6.43. The van der Waals surface area contributed by atoms with Gasteiger partial charge in [0.05, 0.1) is 11.8 Å². The Morgan fingerprint density at radius 1 is 1.32 bits per heavy atom. The molecule has 0 fully saturated rings. The van der Waals surface area contributed by atoms with Gasteiger partial charge in [-0.3, -0.25) is 4.98 Å². The van der Waals surface area contributed by atoms with Gasteiger partial charge in [0.2, 0.25) is 0 Å². The fraction of sp³-hybridized carbons (Fsp3) is 0.261. The summed E-state index contributed by atoms with van der Waals surface area (Å²) in [5.74, 6) is 0.234. The van der Waals surface area contributed by atoms with Crippen LogP contribution in [0.4, 0.5) is 0 Å². The molecule has 2 N–H and O–H groups in total. The molecule has 4 nitrogen and oxygen atoms in total. The molecule has 0 radical (unpaired) electrons. The maximum atomic E-state index is 9.95. The molecule has 0 spiro atoms. The average molecular weight is 375 g/mol. The molecule has 1 aliphatic rings. The number of aromatic nitrogens is 1. The molecule has 2 heterocycles. The summed E-state index contributed by atoms with van der Waals surface area (Å²) >= 11 is 0. The molecule has 1 atom stereocenters. The van der Waals surface area contributed by atoms with E-state index in [0.29, 0.717) is 12.7 Å². The van der Waals surface area contributed by atoms with E-state index in [1.54, 1.807) is 18.3 Å². The fourth-order valence-corrected chi connectivity index (χ4v) is 3.41. The van der Waals surface area contributed by atoms with Crippen molar-refractivity contribution in [1.29, 1.82) is 0 Å². The lowest BCUT2D eigenvalue weighted by Gasteiger charge is -2.28. The van der Waals surface area contributed by atoms with Gasteiger partial charge < -0.3 is 14.8 Å². The van der Waals surface area contributed by atoms with Crippen molar-refractivity contribution in [3.63, 3.8) is 0 Å². The van der Waals surface area contributed by atoms with Crippen LogP contribution in [0.3, 0.4) is 0 Å². The van der Waals surface area contributed by atoms with E-state index in [2.05, 4.69) is 18.5 Å². The lowest BCUT2D eigenvalue weighted by atomic mass is 9.77. The zero-order chi connectivity index (χ0) is 19.9. The van der Waals surface area contributed by atoms with Crippen LogP contribution in [0.1, 0.15) is 37.4 Å². The van der Waals surface area contributed by atoms with Crippen LogP contribution in [0, 0.1) is 0 Å². The summed E-state index contributed by atoms with van der Waals surface area (Å²) in [6, 6.07) is 13.0. The molecule has 0 bridgehead atoms.